The van der Waals surface area contributed by atoms with E-state index in [1.807, 2.05) is 68.4 Å². The molecule has 0 aliphatic heterocycles. The lowest BCUT2D eigenvalue weighted by molar-refractivity contribution is -0.111. The van der Waals surface area contributed by atoms with Crippen LogP contribution in [0.1, 0.15) is 16.8 Å². The van der Waals surface area contributed by atoms with Crippen molar-refractivity contribution < 1.29 is 4.79 Å². The molecule has 0 aliphatic rings. The number of nitrogens with one attached hydrogen (secondary N) is 1. The van der Waals surface area contributed by atoms with E-state index in [1.54, 1.807) is 6.08 Å². The van der Waals surface area contributed by atoms with E-state index in [4.69, 9.17) is 0 Å². The van der Waals surface area contributed by atoms with Gasteiger partial charge in [0.1, 0.15) is 0 Å². The van der Waals surface area contributed by atoms with E-state index in [0.717, 1.165) is 33.4 Å². The number of fused-ring (bicyclic) bond motifs is 1. The second kappa shape index (κ2) is 6.44. The van der Waals surface area contributed by atoms with Crippen LogP contribution in [0.4, 0.5) is 5.69 Å². The summed E-state index contributed by atoms with van der Waals surface area (Å²) in [6, 6.07) is 17.7. The number of rotatable bonds is 3. The first-order valence-corrected chi connectivity index (χ1v) is 7.54. The molecule has 3 heteroatoms. The van der Waals surface area contributed by atoms with Crippen molar-refractivity contribution in [3.8, 4) is 0 Å². The molecule has 1 heterocycles. The minimum absolute atomic E-state index is 0.159. The predicted octanol–water partition coefficient (Wildman–Crippen LogP) is 4.50. The summed E-state index contributed by atoms with van der Waals surface area (Å²) in [5.74, 6) is -0.159. The Morgan fingerprint density at radius 2 is 1.83 bits per heavy atom. The smallest absolute Gasteiger partial charge is 0.248 e. The van der Waals surface area contributed by atoms with Crippen molar-refractivity contribution in [1.29, 1.82) is 0 Å². The standard InChI is InChI=1S/C20H18N2O/c1-14-6-5-9-18(15(14)2)22-20(23)13-12-17-11-10-16-7-3-4-8-19(16)21-17/h3-13H,1-2H3,(H,22,23)/b13-12+. The first-order valence-electron chi connectivity index (χ1n) is 7.54. The van der Waals surface area contributed by atoms with Crippen molar-refractivity contribution in [3.05, 3.63) is 77.5 Å². The van der Waals surface area contributed by atoms with Gasteiger partial charge in [0, 0.05) is 17.1 Å². The fourth-order valence-corrected chi connectivity index (χ4v) is 2.40. The van der Waals surface area contributed by atoms with Gasteiger partial charge in [-0.1, -0.05) is 36.4 Å². The van der Waals surface area contributed by atoms with Gasteiger partial charge in [0.05, 0.1) is 11.2 Å². The van der Waals surface area contributed by atoms with Crippen LogP contribution in [0.15, 0.2) is 60.7 Å². The highest BCUT2D eigenvalue weighted by Gasteiger charge is 2.03. The number of amides is 1. The number of hydrogen-bond acceptors (Lipinski definition) is 2. The lowest BCUT2D eigenvalue weighted by atomic mass is 10.1. The summed E-state index contributed by atoms with van der Waals surface area (Å²) in [6.07, 6.45) is 3.24. The highest BCUT2D eigenvalue weighted by molar-refractivity contribution is 6.02. The molecule has 0 unspecified atom stereocenters. The van der Waals surface area contributed by atoms with Crippen LogP contribution in [0.2, 0.25) is 0 Å². The Morgan fingerprint density at radius 3 is 2.70 bits per heavy atom. The van der Waals surface area contributed by atoms with E-state index in [1.165, 1.54) is 6.08 Å². The Hall–Kier alpha value is -2.94. The molecular weight excluding hydrogens is 284 g/mol. The SMILES string of the molecule is Cc1cccc(NC(=O)/C=C/c2ccc3ccccc3n2)c1C. The van der Waals surface area contributed by atoms with Crippen molar-refractivity contribution in [3.63, 3.8) is 0 Å². The van der Waals surface area contributed by atoms with Crippen molar-refractivity contribution in [2.24, 2.45) is 0 Å². The summed E-state index contributed by atoms with van der Waals surface area (Å²) in [5.41, 5.74) is 4.76. The molecule has 1 aromatic heterocycles. The summed E-state index contributed by atoms with van der Waals surface area (Å²) >= 11 is 0. The molecule has 1 N–H and O–H groups in total. The van der Waals surface area contributed by atoms with Gasteiger partial charge < -0.3 is 5.32 Å². The minimum Gasteiger partial charge on any atom is -0.322 e. The summed E-state index contributed by atoms with van der Waals surface area (Å²) in [6.45, 7) is 4.03. The van der Waals surface area contributed by atoms with E-state index < -0.39 is 0 Å². The molecule has 0 saturated carbocycles. The normalized spacial score (nSPS) is 11.0. The third kappa shape index (κ3) is 3.46. The van der Waals surface area contributed by atoms with Gasteiger partial charge >= 0.3 is 0 Å². The van der Waals surface area contributed by atoms with Gasteiger partial charge in [0.2, 0.25) is 5.91 Å². The van der Waals surface area contributed by atoms with Crippen LogP contribution in [0, 0.1) is 13.8 Å². The van der Waals surface area contributed by atoms with Gasteiger partial charge in [-0.25, -0.2) is 4.98 Å². The van der Waals surface area contributed by atoms with Gasteiger partial charge in [0.25, 0.3) is 0 Å². The molecule has 0 saturated heterocycles. The van der Waals surface area contributed by atoms with Crippen LogP contribution < -0.4 is 5.32 Å². The highest BCUT2D eigenvalue weighted by atomic mass is 16.1. The van der Waals surface area contributed by atoms with Gasteiger partial charge in [0.15, 0.2) is 0 Å². The maximum atomic E-state index is 12.1. The number of aromatic nitrogens is 1. The van der Waals surface area contributed by atoms with Gasteiger partial charge in [-0.2, -0.15) is 0 Å². The highest BCUT2D eigenvalue weighted by Crippen LogP contribution is 2.18. The lowest BCUT2D eigenvalue weighted by Gasteiger charge is -2.08. The predicted molar refractivity (Wildman–Crippen MR) is 95.3 cm³/mol. The maximum absolute atomic E-state index is 12.1. The minimum atomic E-state index is -0.159. The fourth-order valence-electron chi connectivity index (χ4n) is 2.40. The monoisotopic (exact) mass is 302 g/mol. The largest absolute Gasteiger partial charge is 0.322 e. The van der Waals surface area contributed by atoms with Crippen LogP contribution in [0.25, 0.3) is 17.0 Å². The molecule has 1 amide bonds. The van der Waals surface area contributed by atoms with E-state index >= 15 is 0 Å². The van der Waals surface area contributed by atoms with Gasteiger partial charge in [-0.15, -0.1) is 0 Å². The Kier molecular flexibility index (Phi) is 4.20. The molecule has 0 bridgehead atoms. The average Bonchev–Trinajstić information content (AvgIpc) is 2.57. The van der Waals surface area contributed by atoms with Gasteiger partial charge in [-0.05, 0) is 49.2 Å². The molecule has 0 fully saturated rings. The Bertz CT molecular complexity index is 897. The number of nitrogens with zero attached hydrogens (tertiary/aromatic N) is 1. The third-order valence-corrected chi connectivity index (χ3v) is 3.89. The number of benzene rings is 2. The number of para-hydroxylation sites is 1. The second-order valence-corrected chi connectivity index (χ2v) is 5.50. The van der Waals surface area contributed by atoms with Crippen LogP contribution in [0.5, 0.6) is 0 Å². The molecule has 114 valence electrons. The molecular formula is C20H18N2O. The number of aryl methyl sites for hydroxylation is 1. The molecule has 0 radical (unpaired) electrons. The van der Waals surface area contributed by atoms with Gasteiger partial charge in [-0.3, -0.25) is 4.79 Å². The molecule has 0 spiro atoms. The van der Waals surface area contributed by atoms with Crippen molar-refractivity contribution in [1.82, 2.24) is 4.98 Å². The number of hydrogen-bond donors (Lipinski definition) is 1. The zero-order valence-electron chi connectivity index (χ0n) is 13.2. The van der Waals surface area contributed by atoms with E-state index in [9.17, 15) is 4.79 Å². The molecule has 3 aromatic rings. The second-order valence-electron chi connectivity index (χ2n) is 5.50. The number of carbonyl (C=O) groups is 1. The first-order chi connectivity index (χ1) is 11.1. The van der Waals surface area contributed by atoms with Crippen LogP contribution in [-0.4, -0.2) is 10.9 Å². The van der Waals surface area contributed by atoms with E-state index in [2.05, 4.69) is 10.3 Å². The van der Waals surface area contributed by atoms with Crippen molar-refractivity contribution >= 4 is 28.6 Å². The quantitative estimate of drug-likeness (QED) is 0.724. The Balaban J connectivity index is 1.75. The van der Waals surface area contributed by atoms with Crippen molar-refractivity contribution in [2.75, 3.05) is 5.32 Å². The van der Waals surface area contributed by atoms with Crippen LogP contribution in [-0.2, 0) is 4.79 Å². The summed E-state index contributed by atoms with van der Waals surface area (Å²) in [5, 5.41) is 3.99. The van der Waals surface area contributed by atoms with E-state index in [-0.39, 0.29) is 5.91 Å². The molecule has 3 rings (SSSR count). The number of pyridine rings is 1. The summed E-state index contributed by atoms with van der Waals surface area (Å²) < 4.78 is 0. The lowest BCUT2D eigenvalue weighted by Crippen LogP contribution is -2.09. The van der Waals surface area contributed by atoms with Crippen LogP contribution in [0.3, 0.4) is 0 Å². The van der Waals surface area contributed by atoms with E-state index in [0.29, 0.717) is 0 Å². The number of anilines is 1. The van der Waals surface area contributed by atoms with Crippen molar-refractivity contribution in [2.45, 2.75) is 13.8 Å². The maximum Gasteiger partial charge on any atom is 0.248 e. The zero-order chi connectivity index (χ0) is 16.2. The molecule has 23 heavy (non-hydrogen) atoms. The molecule has 0 atom stereocenters. The average molecular weight is 302 g/mol. The topological polar surface area (TPSA) is 42.0 Å². The summed E-state index contributed by atoms with van der Waals surface area (Å²) in [4.78, 5) is 16.6. The summed E-state index contributed by atoms with van der Waals surface area (Å²) in [7, 11) is 0. The zero-order valence-corrected chi connectivity index (χ0v) is 13.2. The van der Waals surface area contributed by atoms with Crippen LogP contribution >= 0.6 is 0 Å². The number of carbonyl (C=O) groups excluding carboxylic acids is 1. The molecule has 2 aromatic carbocycles. The Labute approximate surface area is 135 Å². The molecule has 3 nitrogen and oxygen atoms in total. The third-order valence-electron chi connectivity index (χ3n) is 3.89. The molecule has 0 aliphatic carbocycles. The Morgan fingerprint density at radius 1 is 1.00 bits per heavy atom. The fraction of sp³-hybridized carbons (Fsp3) is 0.100. The first kappa shape index (κ1) is 15.0.